The maximum atomic E-state index is 11.1. The molecule has 0 aromatic heterocycles. The van der Waals surface area contributed by atoms with Crippen LogP contribution in [-0.4, -0.2) is 47.7 Å². The second-order valence-corrected chi connectivity index (χ2v) is 5.72. The Morgan fingerprint density at radius 1 is 1.50 bits per heavy atom. The van der Waals surface area contributed by atoms with E-state index < -0.39 is 12.0 Å². The van der Waals surface area contributed by atoms with E-state index in [1.54, 1.807) is 0 Å². The van der Waals surface area contributed by atoms with E-state index in [0.29, 0.717) is 6.42 Å². The maximum absolute atomic E-state index is 11.1. The van der Waals surface area contributed by atoms with Crippen LogP contribution in [0.5, 0.6) is 0 Å². The fraction of sp³-hybridized carbons (Fsp3) is 0.929. The fourth-order valence-electron chi connectivity index (χ4n) is 2.68. The van der Waals surface area contributed by atoms with Gasteiger partial charge in [-0.15, -0.1) is 0 Å². The summed E-state index contributed by atoms with van der Waals surface area (Å²) < 4.78 is 0. The number of carboxylic acids is 1. The van der Waals surface area contributed by atoms with Crippen molar-refractivity contribution in [2.24, 2.45) is 5.92 Å². The lowest BCUT2D eigenvalue weighted by Crippen LogP contribution is -2.44. The second kappa shape index (κ2) is 7.74. The van der Waals surface area contributed by atoms with E-state index in [1.165, 1.54) is 19.3 Å². The molecule has 1 fully saturated rings. The topological polar surface area (TPSA) is 52.6 Å². The molecular weight excluding hydrogens is 228 g/mol. The zero-order valence-corrected chi connectivity index (χ0v) is 12.0. The molecule has 4 heteroatoms. The molecule has 2 atom stereocenters. The molecule has 0 amide bonds. The third kappa shape index (κ3) is 5.36. The highest BCUT2D eigenvalue weighted by Crippen LogP contribution is 2.19. The molecule has 18 heavy (non-hydrogen) atoms. The summed E-state index contributed by atoms with van der Waals surface area (Å²) in [7, 11) is 0. The Morgan fingerprint density at radius 2 is 2.22 bits per heavy atom. The van der Waals surface area contributed by atoms with Crippen LogP contribution in [0.4, 0.5) is 0 Å². The average molecular weight is 256 g/mol. The SMILES string of the molecule is CCC1CCCN(CCC(NC(C)C)C(=O)O)C1. The van der Waals surface area contributed by atoms with Gasteiger partial charge in [-0.1, -0.05) is 27.2 Å². The van der Waals surface area contributed by atoms with Gasteiger partial charge in [-0.05, 0) is 31.7 Å². The normalized spacial score (nSPS) is 23.2. The van der Waals surface area contributed by atoms with Gasteiger partial charge in [-0.2, -0.15) is 0 Å². The zero-order chi connectivity index (χ0) is 13.5. The minimum absolute atomic E-state index is 0.218. The van der Waals surface area contributed by atoms with Crippen molar-refractivity contribution < 1.29 is 9.90 Å². The van der Waals surface area contributed by atoms with Crippen molar-refractivity contribution in [1.29, 1.82) is 0 Å². The van der Waals surface area contributed by atoms with Crippen molar-refractivity contribution >= 4 is 5.97 Å². The number of carboxylic acid groups (broad SMARTS) is 1. The Labute approximate surface area is 111 Å². The standard InChI is InChI=1S/C14H28N2O2/c1-4-12-6-5-8-16(10-12)9-7-13(14(17)18)15-11(2)3/h11-13,15H,4-10H2,1-3H3,(H,17,18). The van der Waals surface area contributed by atoms with Crippen LogP contribution in [-0.2, 0) is 4.79 Å². The lowest BCUT2D eigenvalue weighted by molar-refractivity contribution is -0.140. The summed E-state index contributed by atoms with van der Waals surface area (Å²) in [5, 5.41) is 12.3. The van der Waals surface area contributed by atoms with E-state index >= 15 is 0 Å². The van der Waals surface area contributed by atoms with E-state index in [1.807, 2.05) is 13.8 Å². The van der Waals surface area contributed by atoms with Crippen LogP contribution >= 0.6 is 0 Å². The number of nitrogens with zero attached hydrogens (tertiary/aromatic N) is 1. The van der Waals surface area contributed by atoms with Gasteiger partial charge in [-0.3, -0.25) is 4.79 Å². The van der Waals surface area contributed by atoms with Gasteiger partial charge in [-0.25, -0.2) is 0 Å². The molecule has 0 aliphatic carbocycles. The van der Waals surface area contributed by atoms with E-state index in [4.69, 9.17) is 5.11 Å². The van der Waals surface area contributed by atoms with Crippen molar-refractivity contribution in [3.05, 3.63) is 0 Å². The molecule has 106 valence electrons. The van der Waals surface area contributed by atoms with Crippen molar-refractivity contribution in [1.82, 2.24) is 10.2 Å². The number of carbonyl (C=O) groups is 1. The Morgan fingerprint density at radius 3 is 2.78 bits per heavy atom. The maximum Gasteiger partial charge on any atom is 0.320 e. The molecule has 0 spiro atoms. The number of hydrogen-bond donors (Lipinski definition) is 2. The van der Waals surface area contributed by atoms with Gasteiger partial charge in [0.2, 0.25) is 0 Å². The number of rotatable bonds is 7. The fourth-order valence-corrected chi connectivity index (χ4v) is 2.68. The molecule has 0 aromatic carbocycles. The monoisotopic (exact) mass is 256 g/mol. The van der Waals surface area contributed by atoms with Crippen molar-refractivity contribution in [3.8, 4) is 0 Å². The lowest BCUT2D eigenvalue weighted by Gasteiger charge is -2.33. The molecule has 0 saturated carbocycles. The van der Waals surface area contributed by atoms with Gasteiger partial charge in [0.05, 0.1) is 0 Å². The van der Waals surface area contributed by atoms with Crippen LogP contribution < -0.4 is 5.32 Å². The molecule has 1 heterocycles. The highest BCUT2D eigenvalue weighted by atomic mass is 16.4. The summed E-state index contributed by atoms with van der Waals surface area (Å²) in [5.74, 6) is 0.0767. The predicted octanol–water partition coefficient (Wildman–Crippen LogP) is 1.95. The van der Waals surface area contributed by atoms with Crippen molar-refractivity contribution in [2.75, 3.05) is 19.6 Å². The highest BCUT2D eigenvalue weighted by molar-refractivity contribution is 5.73. The van der Waals surface area contributed by atoms with Gasteiger partial charge in [0, 0.05) is 19.1 Å². The molecule has 1 aliphatic heterocycles. The molecule has 0 radical (unpaired) electrons. The van der Waals surface area contributed by atoms with Gasteiger partial charge in [0.15, 0.2) is 0 Å². The van der Waals surface area contributed by atoms with Gasteiger partial charge < -0.3 is 15.3 Å². The van der Waals surface area contributed by atoms with Gasteiger partial charge in [0.1, 0.15) is 6.04 Å². The minimum Gasteiger partial charge on any atom is -0.480 e. The minimum atomic E-state index is -0.729. The number of likely N-dealkylation sites (tertiary alicyclic amines) is 1. The largest absolute Gasteiger partial charge is 0.480 e. The van der Waals surface area contributed by atoms with Crippen LogP contribution in [0.1, 0.15) is 46.5 Å². The molecule has 0 aromatic rings. The van der Waals surface area contributed by atoms with E-state index in [2.05, 4.69) is 17.1 Å². The van der Waals surface area contributed by atoms with E-state index in [0.717, 1.165) is 25.6 Å². The first-order valence-corrected chi connectivity index (χ1v) is 7.24. The van der Waals surface area contributed by atoms with Crippen LogP contribution in [0, 0.1) is 5.92 Å². The Hall–Kier alpha value is -0.610. The molecule has 0 bridgehead atoms. The average Bonchev–Trinajstić information content (AvgIpc) is 2.34. The summed E-state index contributed by atoms with van der Waals surface area (Å²) in [6.45, 7) is 9.39. The number of nitrogens with one attached hydrogen (secondary N) is 1. The summed E-state index contributed by atoms with van der Waals surface area (Å²) in [6, 6.07) is -0.192. The predicted molar refractivity (Wildman–Crippen MR) is 73.8 cm³/mol. The zero-order valence-electron chi connectivity index (χ0n) is 12.0. The molecule has 4 nitrogen and oxygen atoms in total. The van der Waals surface area contributed by atoms with Crippen LogP contribution in [0.3, 0.4) is 0 Å². The number of hydrogen-bond acceptors (Lipinski definition) is 3. The molecule has 1 aliphatic rings. The van der Waals surface area contributed by atoms with Gasteiger partial charge >= 0.3 is 5.97 Å². The summed E-state index contributed by atoms with van der Waals surface area (Å²) in [4.78, 5) is 13.6. The third-order valence-corrected chi connectivity index (χ3v) is 3.75. The summed E-state index contributed by atoms with van der Waals surface area (Å²) in [6.07, 6.45) is 4.53. The quantitative estimate of drug-likeness (QED) is 0.731. The van der Waals surface area contributed by atoms with Crippen LogP contribution in [0.2, 0.25) is 0 Å². The molecule has 2 unspecified atom stereocenters. The Balaban J connectivity index is 2.34. The van der Waals surface area contributed by atoms with Crippen molar-refractivity contribution in [3.63, 3.8) is 0 Å². The Kier molecular flexibility index (Phi) is 6.65. The number of aliphatic carboxylic acids is 1. The van der Waals surface area contributed by atoms with Crippen LogP contribution in [0.15, 0.2) is 0 Å². The number of piperidine rings is 1. The first-order valence-electron chi connectivity index (χ1n) is 7.24. The summed E-state index contributed by atoms with van der Waals surface area (Å²) >= 11 is 0. The molecule has 1 saturated heterocycles. The van der Waals surface area contributed by atoms with Crippen LogP contribution in [0.25, 0.3) is 0 Å². The van der Waals surface area contributed by atoms with Gasteiger partial charge in [0.25, 0.3) is 0 Å². The van der Waals surface area contributed by atoms with E-state index in [-0.39, 0.29) is 6.04 Å². The third-order valence-electron chi connectivity index (χ3n) is 3.75. The summed E-state index contributed by atoms with van der Waals surface area (Å²) in [5.41, 5.74) is 0. The smallest absolute Gasteiger partial charge is 0.320 e. The van der Waals surface area contributed by atoms with Crippen molar-refractivity contribution in [2.45, 2.75) is 58.5 Å². The highest BCUT2D eigenvalue weighted by Gasteiger charge is 2.22. The van der Waals surface area contributed by atoms with E-state index in [9.17, 15) is 4.79 Å². The first kappa shape index (κ1) is 15.4. The second-order valence-electron chi connectivity index (χ2n) is 5.72. The lowest BCUT2D eigenvalue weighted by atomic mass is 9.95. The first-order chi connectivity index (χ1) is 8.52. The Bertz CT molecular complexity index is 256. The molecular formula is C14H28N2O2. The molecule has 2 N–H and O–H groups in total. The molecule has 1 rings (SSSR count).